The molecular formula is C17H28ClN5O2. The van der Waals surface area contributed by atoms with Crippen LogP contribution < -0.4 is 16.0 Å². The summed E-state index contributed by atoms with van der Waals surface area (Å²) in [6.07, 6.45) is 7.62. The number of hydrogen-bond donors (Lipinski definition) is 4. The summed E-state index contributed by atoms with van der Waals surface area (Å²) >= 11 is 0. The second-order valence-electron chi connectivity index (χ2n) is 6.77. The van der Waals surface area contributed by atoms with Crippen LogP contribution in [0, 0.1) is 5.92 Å². The molecule has 25 heavy (non-hydrogen) atoms. The smallest absolute Gasteiger partial charge is 0.272 e. The first kappa shape index (κ1) is 19.7. The molecule has 1 aliphatic heterocycles. The Bertz CT molecular complexity index is 584. The largest absolute Gasteiger partial charge is 0.354 e. The van der Waals surface area contributed by atoms with E-state index in [1.807, 2.05) is 0 Å². The molecule has 1 aromatic rings. The summed E-state index contributed by atoms with van der Waals surface area (Å²) in [4.78, 5) is 24.1. The SMILES string of the molecule is Cl.O=C(CC1CCCCC1)NCCNC(=O)c1n[nH]c2c1CNCC2. The quantitative estimate of drug-likeness (QED) is 0.568. The van der Waals surface area contributed by atoms with Gasteiger partial charge in [-0.25, -0.2) is 0 Å². The van der Waals surface area contributed by atoms with Crippen LogP contribution in [0.4, 0.5) is 0 Å². The first-order chi connectivity index (χ1) is 11.7. The zero-order valence-corrected chi connectivity index (χ0v) is 15.3. The van der Waals surface area contributed by atoms with Gasteiger partial charge in [-0.3, -0.25) is 14.7 Å². The number of carbonyl (C=O) groups excluding carboxylic acids is 2. The fourth-order valence-electron chi connectivity index (χ4n) is 3.60. The van der Waals surface area contributed by atoms with E-state index in [1.54, 1.807) is 0 Å². The van der Waals surface area contributed by atoms with Gasteiger partial charge in [0, 0.05) is 50.3 Å². The van der Waals surface area contributed by atoms with Gasteiger partial charge in [-0.1, -0.05) is 19.3 Å². The highest BCUT2D eigenvalue weighted by atomic mass is 35.5. The summed E-state index contributed by atoms with van der Waals surface area (Å²) in [7, 11) is 0. The van der Waals surface area contributed by atoms with Crippen molar-refractivity contribution in [3.05, 3.63) is 17.0 Å². The van der Waals surface area contributed by atoms with E-state index in [4.69, 9.17) is 0 Å². The molecule has 1 aromatic heterocycles. The normalized spacial score (nSPS) is 17.3. The lowest BCUT2D eigenvalue weighted by Gasteiger charge is -2.20. The zero-order chi connectivity index (χ0) is 16.8. The van der Waals surface area contributed by atoms with Gasteiger partial charge >= 0.3 is 0 Å². The van der Waals surface area contributed by atoms with Crippen molar-refractivity contribution in [2.24, 2.45) is 5.92 Å². The average molecular weight is 370 g/mol. The topological polar surface area (TPSA) is 98.9 Å². The summed E-state index contributed by atoms with van der Waals surface area (Å²) in [5, 5.41) is 16.0. The van der Waals surface area contributed by atoms with Crippen LogP contribution in [0.5, 0.6) is 0 Å². The van der Waals surface area contributed by atoms with Crippen LogP contribution in [-0.4, -0.2) is 41.6 Å². The predicted molar refractivity (Wildman–Crippen MR) is 97.8 cm³/mol. The third-order valence-corrected chi connectivity index (χ3v) is 4.95. The lowest BCUT2D eigenvalue weighted by Crippen LogP contribution is -2.36. The summed E-state index contributed by atoms with van der Waals surface area (Å²) in [5.41, 5.74) is 2.46. The molecule has 2 amide bonds. The number of rotatable bonds is 6. The molecule has 0 radical (unpaired) electrons. The van der Waals surface area contributed by atoms with Gasteiger partial charge in [0.25, 0.3) is 5.91 Å². The van der Waals surface area contributed by atoms with Crippen molar-refractivity contribution in [1.82, 2.24) is 26.1 Å². The minimum atomic E-state index is -0.183. The van der Waals surface area contributed by atoms with Gasteiger partial charge in [-0.05, 0) is 18.8 Å². The van der Waals surface area contributed by atoms with Crippen molar-refractivity contribution in [2.45, 2.75) is 51.5 Å². The van der Waals surface area contributed by atoms with Gasteiger partial charge in [-0.2, -0.15) is 5.10 Å². The number of nitrogens with zero attached hydrogens (tertiary/aromatic N) is 1. The van der Waals surface area contributed by atoms with E-state index in [1.165, 1.54) is 32.1 Å². The number of H-pyrrole nitrogens is 1. The van der Waals surface area contributed by atoms with E-state index in [0.717, 1.165) is 24.2 Å². The number of hydrogen-bond acceptors (Lipinski definition) is 4. The molecule has 4 N–H and O–H groups in total. The Morgan fingerprint density at radius 1 is 1.12 bits per heavy atom. The Morgan fingerprint density at radius 2 is 1.88 bits per heavy atom. The molecule has 0 aromatic carbocycles. The first-order valence-electron chi connectivity index (χ1n) is 9.06. The molecular weight excluding hydrogens is 342 g/mol. The highest BCUT2D eigenvalue weighted by molar-refractivity contribution is 5.94. The Hall–Kier alpha value is -1.60. The van der Waals surface area contributed by atoms with Gasteiger partial charge in [0.1, 0.15) is 0 Å². The molecule has 1 saturated carbocycles. The zero-order valence-electron chi connectivity index (χ0n) is 14.5. The summed E-state index contributed by atoms with van der Waals surface area (Å²) in [6, 6.07) is 0. The minimum absolute atomic E-state index is 0. The molecule has 7 nitrogen and oxygen atoms in total. The summed E-state index contributed by atoms with van der Waals surface area (Å²) < 4.78 is 0. The van der Waals surface area contributed by atoms with Crippen LogP contribution >= 0.6 is 12.4 Å². The molecule has 0 atom stereocenters. The number of halogens is 1. The van der Waals surface area contributed by atoms with Gasteiger partial charge in [0.05, 0.1) is 0 Å². The Labute approximate surface area is 154 Å². The Morgan fingerprint density at radius 3 is 2.68 bits per heavy atom. The van der Waals surface area contributed by atoms with Crippen molar-refractivity contribution in [3.8, 4) is 0 Å². The molecule has 0 saturated heterocycles. The minimum Gasteiger partial charge on any atom is -0.354 e. The third kappa shape index (κ3) is 5.44. The molecule has 0 spiro atoms. The van der Waals surface area contributed by atoms with Crippen molar-refractivity contribution in [1.29, 1.82) is 0 Å². The Kier molecular flexibility index (Phi) is 7.71. The number of amides is 2. The van der Waals surface area contributed by atoms with Crippen LogP contribution in [0.15, 0.2) is 0 Å². The third-order valence-electron chi connectivity index (χ3n) is 4.95. The maximum Gasteiger partial charge on any atom is 0.272 e. The molecule has 2 heterocycles. The van der Waals surface area contributed by atoms with Crippen molar-refractivity contribution < 1.29 is 9.59 Å². The van der Waals surface area contributed by atoms with E-state index >= 15 is 0 Å². The Balaban J connectivity index is 0.00000225. The highest BCUT2D eigenvalue weighted by Gasteiger charge is 2.21. The highest BCUT2D eigenvalue weighted by Crippen LogP contribution is 2.25. The van der Waals surface area contributed by atoms with Crippen LogP contribution in [0.1, 0.15) is 60.3 Å². The second kappa shape index (κ2) is 9.77. The van der Waals surface area contributed by atoms with Gasteiger partial charge < -0.3 is 16.0 Å². The first-order valence-corrected chi connectivity index (χ1v) is 9.06. The molecule has 1 fully saturated rings. The molecule has 0 unspecified atom stereocenters. The summed E-state index contributed by atoms with van der Waals surface area (Å²) in [5.74, 6) is 0.451. The van der Waals surface area contributed by atoms with E-state index in [0.29, 0.717) is 37.7 Å². The van der Waals surface area contributed by atoms with Crippen molar-refractivity contribution >= 4 is 24.2 Å². The van der Waals surface area contributed by atoms with E-state index in [-0.39, 0.29) is 24.2 Å². The van der Waals surface area contributed by atoms with Gasteiger partial charge in [0.15, 0.2) is 5.69 Å². The second-order valence-corrected chi connectivity index (χ2v) is 6.77. The van der Waals surface area contributed by atoms with E-state index in [2.05, 4.69) is 26.1 Å². The molecule has 3 rings (SSSR count). The lowest BCUT2D eigenvalue weighted by molar-refractivity contribution is -0.122. The van der Waals surface area contributed by atoms with Crippen LogP contribution in [0.2, 0.25) is 0 Å². The molecule has 8 heteroatoms. The molecule has 1 aliphatic carbocycles. The van der Waals surface area contributed by atoms with Crippen molar-refractivity contribution in [2.75, 3.05) is 19.6 Å². The maximum atomic E-state index is 12.2. The fraction of sp³-hybridized carbons (Fsp3) is 0.706. The van der Waals surface area contributed by atoms with Crippen LogP contribution in [0.3, 0.4) is 0 Å². The monoisotopic (exact) mass is 369 g/mol. The molecule has 2 aliphatic rings. The predicted octanol–water partition coefficient (Wildman–Crippen LogP) is 1.29. The van der Waals surface area contributed by atoms with E-state index < -0.39 is 0 Å². The number of fused-ring (bicyclic) bond motifs is 1. The number of aromatic nitrogens is 2. The average Bonchev–Trinajstić information content (AvgIpc) is 3.03. The van der Waals surface area contributed by atoms with E-state index in [9.17, 15) is 9.59 Å². The van der Waals surface area contributed by atoms with Crippen molar-refractivity contribution in [3.63, 3.8) is 0 Å². The lowest BCUT2D eigenvalue weighted by atomic mass is 9.87. The number of aromatic amines is 1. The standard InChI is InChI=1S/C17H27N5O2.ClH/c23-15(10-12-4-2-1-3-5-12)19-8-9-20-17(24)16-13-11-18-7-6-14(13)21-22-16;/h12,18H,1-11H2,(H,19,23)(H,20,24)(H,21,22);1H. The number of nitrogens with one attached hydrogen (secondary N) is 4. The molecule has 0 bridgehead atoms. The van der Waals surface area contributed by atoms with Crippen LogP contribution in [0.25, 0.3) is 0 Å². The number of carbonyl (C=O) groups is 2. The molecule has 140 valence electrons. The van der Waals surface area contributed by atoms with Gasteiger partial charge in [-0.15, -0.1) is 12.4 Å². The van der Waals surface area contributed by atoms with Crippen LogP contribution in [-0.2, 0) is 17.8 Å². The maximum absolute atomic E-state index is 12.2. The summed E-state index contributed by atoms with van der Waals surface area (Å²) in [6.45, 7) is 2.46. The fourth-order valence-corrected chi connectivity index (χ4v) is 3.60. The van der Waals surface area contributed by atoms with Gasteiger partial charge in [0.2, 0.25) is 5.91 Å².